The average Bonchev–Trinajstić information content (AvgIpc) is 3.06. The molecule has 0 fully saturated rings. The molecule has 0 aliphatic rings. The second-order valence-electron chi connectivity index (χ2n) is 4.55. The van der Waals surface area contributed by atoms with E-state index in [0.717, 1.165) is 23.5 Å². The van der Waals surface area contributed by atoms with Crippen molar-refractivity contribution in [3.63, 3.8) is 0 Å². The van der Waals surface area contributed by atoms with Crippen LogP contribution in [0.4, 0.5) is 0 Å². The molecule has 21 heavy (non-hydrogen) atoms. The molecule has 3 aromatic rings. The van der Waals surface area contributed by atoms with Gasteiger partial charge in [-0.05, 0) is 24.1 Å². The fourth-order valence-electron chi connectivity index (χ4n) is 2.11. The van der Waals surface area contributed by atoms with Crippen molar-refractivity contribution in [2.45, 2.75) is 20.0 Å². The second-order valence-corrected chi connectivity index (χ2v) is 5.53. The molecule has 1 aromatic carbocycles. The molecule has 0 unspecified atom stereocenters. The molecule has 0 radical (unpaired) electrons. The summed E-state index contributed by atoms with van der Waals surface area (Å²) in [6.07, 6.45) is 4.37. The number of carbonyl (C=O) groups is 1. The van der Waals surface area contributed by atoms with E-state index in [9.17, 15) is 9.90 Å². The highest BCUT2D eigenvalue weighted by Crippen LogP contribution is 2.24. The van der Waals surface area contributed by atoms with E-state index in [0.29, 0.717) is 10.7 Å². The molecule has 0 atom stereocenters. The van der Waals surface area contributed by atoms with E-state index in [1.54, 1.807) is 16.8 Å². The van der Waals surface area contributed by atoms with Crippen LogP contribution in [0.1, 0.15) is 27.9 Å². The number of fused-ring (bicyclic) bond motifs is 1. The Labute approximate surface area is 125 Å². The number of thiazole rings is 1. The molecule has 0 bridgehead atoms. The topological polar surface area (TPSA) is 63.8 Å². The van der Waals surface area contributed by atoms with Gasteiger partial charge < -0.3 is 9.84 Å². The molecule has 6 heteroatoms. The minimum absolute atomic E-state index is 0.198. The number of aryl methyl sites for hydroxylation is 1. The number of benzene rings is 1. The SMILES string of the molecule is CCc1ccc(OCc2c(C(=O)O)sc3nccn23)cc1. The van der Waals surface area contributed by atoms with E-state index in [2.05, 4.69) is 11.9 Å². The number of rotatable bonds is 5. The first-order valence-corrected chi connectivity index (χ1v) is 7.40. The fourth-order valence-corrected chi connectivity index (χ4v) is 3.03. The van der Waals surface area contributed by atoms with Gasteiger partial charge in [-0.15, -0.1) is 0 Å². The number of ether oxygens (including phenoxy) is 1. The second kappa shape index (κ2) is 5.57. The fraction of sp³-hybridized carbons (Fsp3) is 0.200. The number of hydrogen-bond donors (Lipinski definition) is 1. The van der Waals surface area contributed by atoms with Crippen LogP contribution in [-0.4, -0.2) is 20.5 Å². The van der Waals surface area contributed by atoms with Crippen molar-refractivity contribution in [2.24, 2.45) is 0 Å². The summed E-state index contributed by atoms with van der Waals surface area (Å²) in [5.41, 5.74) is 1.85. The minimum atomic E-state index is -0.953. The van der Waals surface area contributed by atoms with Gasteiger partial charge in [0.25, 0.3) is 0 Å². The predicted molar refractivity (Wildman–Crippen MR) is 80.2 cm³/mol. The molecule has 5 nitrogen and oxygen atoms in total. The van der Waals surface area contributed by atoms with E-state index < -0.39 is 5.97 Å². The van der Waals surface area contributed by atoms with Crippen LogP contribution < -0.4 is 4.74 Å². The van der Waals surface area contributed by atoms with E-state index in [-0.39, 0.29) is 11.5 Å². The predicted octanol–water partition coefficient (Wildman–Crippen LogP) is 3.24. The molecule has 0 aliphatic carbocycles. The lowest BCUT2D eigenvalue weighted by atomic mass is 10.2. The van der Waals surface area contributed by atoms with Crippen molar-refractivity contribution in [2.75, 3.05) is 0 Å². The normalized spacial score (nSPS) is 10.9. The zero-order valence-corrected chi connectivity index (χ0v) is 12.3. The van der Waals surface area contributed by atoms with Crippen LogP contribution in [0.15, 0.2) is 36.7 Å². The van der Waals surface area contributed by atoms with Gasteiger partial charge >= 0.3 is 5.97 Å². The summed E-state index contributed by atoms with van der Waals surface area (Å²) in [5.74, 6) is -0.228. The zero-order valence-electron chi connectivity index (χ0n) is 11.4. The molecule has 2 heterocycles. The van der Waals surface area contributed by atoms with Gasteiger partial charge in [0.15, 0.2) is 4.96 Å². The van der Waals surface area contributed by atoms with Crippen molar-refractivity contribution < 1.29 is 14.6 Å². The number of nitrogens with zero attached hydrogens (tertiary/aromatic N) is 2. The summed E-state index contributed by atoms with van der Waals surface area (Å²) in [6.45, 7) is 2.29. The van der Waals surface area contributed by atoms with Gasteiger partial charge in [-0.1, -0.05) is 30.4 Å². The summed E-state index contributed by atoms with van der Waals surface area (Å²) < 4.78 is 7.47. The Bertz CT molecular complexity index is 774. The van der Waals surface area contributed by atoms with Crippen molar-refractivity contribution in [3.8, 4) is 5.75 Å². The number of aromatic nitrogens is 2. The lowest BCUT2D eigenvalue weighted by molar-refractivity contribution is 0.0698. The number of aromatic carboxylic acids is 1. The first-order valence-electron chi connectivity index (χ1n) is 6.58. The van der Waals surface area contributed by atoms with E-state index >= 15 is 0 Å². The Morgan fingerprint density at radius 3 is 2.81 bits per heavy atom. The Morgan fingerprint density at radius 2 is 2.14 bits per heavy atom. The Kier molecular flexibility index (Phi) is 3.62. The summed E-state index contributed by atoms with van der Waals surface area (Å²) >= 11 is 1.15. The third-order valence-corrected chi connectivity index (χ3v) is 4.35. The summed E-state index contributed by atoms with van der Waals surface area (Å²) in [7, 11) is 0. The first kappa shape index (κ1) is 13.6. The third kappa shape index (κ3) is 2.62. The molecular weight excluding hydrogens is 288 g/mol. The minimum Gasteiger partial charge on any atom is -0.487 e. The van der Waals surface area contributed by atoms with Crippen LogP contribution in [0.2, 0.25) is 0 Å². The monoisotopic (exact) mass is 302 g/mol. The number of hydrogen-bond acceptors (Lipinski definition) is 4. The quantitative estimate of drug-likeness (QED) is 0.786. The van der Waals surface area contributed by atoms with Crippen LogP contribution in [0.25, 0.3) is 4.96 Å². The van der Waals surface area contributed by atoms with Gasteiger partial charge in [-0.3, -0.25) is 4.40 Å². The van der Waals surface area contributed by atoms with Crippen molar-refractivity contribution in [1.82, 2.24) is 9.38 Å². The summed E-state index contributed by atoms with van der Waals surface area (Å²) in [6, 6.07) is 7.81. The van der Waals surface area contributed by atoms with E-state index in [4.69, 9.17) is 4.74 Å². The van der Waals surface area contributed by atoms with Crippen molar-refractivity contribution in [3.05, 3.63) is 52.8 Å². The standard InChI is InChI=1S/C15H14N2O3S/c1-2-10-3-5-11(6-4-10)20-9-12-13(14(18)19)21-15-16-7-8-17(12)15/h3-8H,2,9H2,1H3,(H,18,19). The number of carboxylic acid groups (broad SMARTS) is 1. The maximum Gasteiger partial charge on any atom is 0.347 e. The maximum absolute atomic E-state index is 11.3. The molecule has 0 saturated heterocycles. The largest absolute Gasteiger partial charge is 0.487 e. The summed E-state index contributed by atoms with van der Waals surface area (Å²) in [4.78, 5) is 16.3. The molecule has 1 N–H and O–H groups in total. The number of carboxylic acids is 1. The lowest BCUT2D eigenvalue weighted by Gasteiger charge is -2.07. The summed E-state index contributed by atoms with van der Waals surface area (Å²) in [5, 5.41) is 9.26. The molecule has 108 valence electrons. The van der Waals surface area contributed by atoms with Gasteiger partial charge in [0.05, 0.1) is 5.69 Å². The first-order chi connectivity index (χ1) is 10.2. The number of imidazole rings is 1. The molecule has 3 rings (SSSR count). The van der Waals surface area contributed by atoms with Gasteiger partial charge in [-0.2, -0.15) is 0 Å². The Hall–Kier alpha value is -2.34. The van der Waals surface area contributed by atoms with Gasteiger partial charge in [-0.25, -0.2) is 9.78 Å². The molecular formula is C15H14N2O3S. The molecule has 0 aliphatic heterocycles. The highest BCUT2D eigenvalue weighted by Gasteiger charge is 2.18. The van der Waals surface area contributed by atoms with Crippen LogP contribution in [-0.2, 0) is 13.0 Å². The van der Waals surface area contributed by atoms with Crippen molar-refractivity contribution >= 4 is 22.3 Å². The van der Waals surface area contributed by atoms with Crippen LogP contribution in [0.3, 0.4) is 0 Å². The zero-order chi connectivity index (χ0) is 14.8. The Balaban J connectivity index is 1.84. The maximum atomic E-state index is 11.3. The van der Waals surface area contributed by atoms with Gasteiger partial charge in [0.1, 0.15) is 17.2 Å². The molecule has 0 saturated carbocycles. The highest BCUT2D eigenvalue weighted by molar-refractivity contribution is 7.18. The van der Waals surface area contributed by atoms with Crippen molar-refractivity contribution in [1.29, 1.82) is 0 Å². The third-order valence-electron chi connectivity index (χ3n) is 3.25. The smallest absolute Gasteiger partial charge is 0.347 e. The highest BCUT2D eigenvalue weighted by atomic mass is 32.1. The average molecular weight is 302 g/mol. The molecule has 2 aromatic heterocycles. The van der Waals surface area contributed by atoms with E-state index in [1.807, 2.05) is 24.3 Å². The lowest BCUT2D eigenvalue weighted by Crippen LogP contribution is -2.05. The molecule has 0 spiro atoms. The van der Waals surface area contributed by atoms with Crippen LogP contribution >= 0.6 is 11.3 Å². The Morgan fingerprint density at radius 1 is 1.38 bits per heavy atom. The van der Waals surface area contributed by atoms with Gasteiger partial charge in [0, 0.05) is 12.4 Å². The van der Waals surface area contributed by atoms with Crippen LogP contribution in [0, 0.1) is 0 Å². The van der Waals surface area contributed by atoms with E-state index in [1.165, 1.54) is 5.56 Å². The van der Waals surface area contributed by atoms with Crippen LogP contribution in [0.5, 0.6) is 5.75 Å². The molecule has 0 amide bonds. The van der Waals surface area contributed by atoms with Gasteiger partial charge in [0.2, 0.25) is 0 Å².